The quantitative estimate of drug-likeness (QED) is 0.734. The Morgan fingerprint density at radius 3 is 2.65 bits per heavy atom. The predicted octanol–water partition coefficient (Wildman–Crippen LogP) is 1.51. The number of carboxylic acid groups (broad SMARTS) is 1. The SMILES string of the molecule is O=C(CC1CCCCN1C(=O)O)NNC(=O)c1ccccc1F. The molecule has 0 aliphatic carbocycles. The molecule has 1 aromatic carbocycles. The number of rotatable bonds is 3. The van der Waals surface area contributed by atoms with E-state index >= 15 is 0 Å². The molecule has 1 aliphatic heterocycles. The zero-order valence-electron chi connectivity index (χ0n) is 12.4. The van der Waals surface area contributed by atoms with Crippen molar-refractivity contribution < 1.29 is 23.9 Å². The molecule has 1 saturated heterocycles. The normalized spacial score (nSPS) is 17.4. The van der Waals surface area contributed by atoms with E-state index in [1.807, 2.05) is 0 Å². The van der Waals surface area contributed by atoms with Gasteiger partial charge in [-0.3, -0.25) is 20.4 Å². The Morgan fingerprint density at radius 2 is 1.96 bits per heavy atom. The van der Waals surface area contributed by atoms with Crippen molar-refractivity contribution >= 4 is 17.9 Å². The van der Waals surface area contributed by atoms with Crippen molar-refractivity contribution in [2.45, 2.75) is 31.7 Å². The predicted molar refractivity (Wildman–Crippen MR) is 79.0 cm³/mol. The molecule has 1 aromatic rings. The molecule has 7 nitrogen and oxygen atoms in total. The summed E-state index contributed by atoms with van der Waals surface area (Å²) in [5.74, 6) is -1.98. The maximum Gasteiger partial charge on any atom is 0.407 e. The monoisotopic (exact) mass is 323 g/mol. The molecule has 3 amide bonds. The van der Waals surface area contributed by atoms with E-state index in [1.165, 1.54) is 23.1 Å². The average molecular weight is 323 g/mol. The topological polar surface area (TPSA) is 98.7 Å². The van der Waals surface area contributed by atoms with E-state index in [0.29, 0.717) is 13.0 Å². The van der Waals surface area contributed by atoms with Crippen molar-refractivity contribution in [3.05, 3.63) is 35.6 Å². The molecule has 0 aromatic heterocycles. The van der Waals surface area contributed by atoms with Crippen LogP contribution in [0.5, 0.6) is 0 Å². The molecule has 0 bridgehead atoms. The van der Waals surface area contributed by atoms with Gasteiger partial charge in [0.25, 0.3) is 5.91 Å². The molecule has 1 aliphatic rings. The molecular weight excluding hydrogens is 305 g/mol. The zero-order chi connectivity index (χ0) is 16.8. The van der Waals surface area contributed by atoms with Gasteiger partial charge in [-0.2, -0.15) is 0 Å². The summed E-state index contributed by atoms with van der Waals surface area (Å²) in [5, 5.41) is 9.10. The molecule has 0 spiro atoms. The van der Waals surface area contributed by atoms with Crippen LogP contribution in [0.15, 0.2) is 24.3 Å². The van der Waals surface area contributed by atoms with Crippen LogP contribution in [0, 0.1) is 5.82 Å². The van der Waals surface area contributed by atoms with Crippen LogP contribution in [-0.4, -0.2) is 40.5 Å². The Balaban J connectivity index is 1.86. The standard InChI is InChI=1S/C15H18FN3O4/c16-12-7-2-1-6-11(12)14(21)18-17-13(20)9-10-5-3-4-8-19(10)15(22)23/h1-2,6-7,10H,3-5,8-9H2,(H,17,20)(H,18,21)(H,22,23). The molecule has 0 radical (unpaired) electrons. The van der Waals surface area contributed by atoms with E-state index in [2.05, 4.69) is 10.9 Å². The van der Waals surface area contributed by atoms with Crippen LogP contribution >= 0.6 is 0 Å². The molecule has 1 unspecified atom stereocenters. The number of benzene rings is 1. The van der Waals surface area contributed by atoms with E-state index in [-0.39, 0.29) is 12.0 Å². The van der Waals surface area contributed by atoms with Crippen LogP contribution in [0.3, 0.4) is 0 Å². The van der Waals surface area contributed by atoms with Gasteiger partial charge in [0.05, 0.1) is 5.56 Å². The molecular formula is C15H18FN3O4. The minimum atomic E-state index is -1.06. The maximum atomic E-state index is 13.4. The number of carbonyl (C=O) groups is 3. The van der Waals surface area contributed by atoms with E-state index in [1.54, 1.807) is 0 Å². The summed E-state index contributed by atoms with van der Waals surface area (Å²) in [6, 6.07) is 4.99. The van der Waals surface area contributed by atoms with E-state index < -0.39 is 29.8 Å². The van der Waals surface area contributed by atoms with Gasteiger partial charge in [-0.25, -0.2) is 9.18 Å². The van der Waals surface area contributed by atoms with E-state index in [4.69, 9.17) is 5.11 Å². The van der Waals surface area contributed by atoms with Crippen LogP contribution in [0.2, 0.25) is 0 Å². The van der Waals surface area contributed by atoms with Crippen molar-refractivity contribution in [3.8, 4) is 0 Å². The van der Waals surface area contributed by atoms with Crippen molar-refractivity contribution in [2.24, 2.45) is 0 Å². The van der Waals surface area contributed by atoms with Crippen LogP contribution in [0.1, 0.15) is 36.0 Å². The number of amides is 3. The molecule has 2 rings (SSSR count). The Bertz CT molecular complexity index is 608. The largest absolute Gasteiger partial charge is 0.465 e. The maximum absolute atomic E-state index is 13.4. The summed E-state index contributed by atoms with van der Waals surface area (Å²) in [4.78, 5) is 36.0. The van der Waals surface area contributed by atoms with Gasteiger partial charge in [-0.05, 0) is 31.4 Å². The van der Waals surface area contributed by atoms with Crippen LogP contribution in [0.25, 0.3) is 0 Å². The molecule has 124 valence electrons. The van der Waals surface area contributed by atoms with Gasteiger partial charge in [0.2, 0.25) is 5.91 Å². The van der Waals surface area contributed by atoms with Crippen molar-refractivity contribution in [1.29, 1.82) is 0 Å². The van der Waals surface area contributed by atoms with Gasteiger partial charge in [-0.1, -0.05) is 12.1 Å². The van der Waals surface area contributed by atoms with Gasteiger partial charge in [0.1, 0.15) is 5.82 Å². The molecule has 8 heteroatoms. The number of piperidine rings is 1. The number of nitrogens with zero attached hydrogens (tertiary/aromatic N) is 1. The lowest BCUT2D eigenvalue weighted by molar-refractivity contribution is -0.123. The third kappa shape index (κ3) is 4.41. The second-order valence-electron chi connectivity index (χ2n) is 5.31. The molecule has 1 fully saturated rings. The summed E-state index contributed by atoms with van der Waals surface area (Å²) < 4.78 is 13.4. The first kappa shape index (κ1) is 16.7. The smallest absolute Gasteiger partial charge is 0.407 e. The number of halogens is 1. The Kier molecular flexibility index (Phi) is 5.51. The summed E-state index contributed by atoms with van der Waals surface area (Å²) >= 11 is 0. The molecule has 0 saturated carbocycles. The number of hydrogen-bond acceptors (Lipinski definition) is 3. The zero-order valence-corrected chi connectivity index (χ0v) is 12.4. The van der Waals surface area contributed by atoms with E-state index in [9.17, 15) is 18.8 Å². The minimum absolute atomic E-state index is 0.0517. The molecule has 3 N–H and O–H groups in total. The molecule has 1 heterocycles. The fourth-order valence-electron chi connectivity index (χ4n) is 2.57. The number of hydrogen-bond donors (Lipinski definition) is 3. The van der Waals surface area contributed by atoms with E-state index in [0.717, 1.165) is 18.9 Å². The fraction of sp³-hybridized carbons (Fsp3) is 0.400. The Morgan fingerprint density at radius 1 is 1.22 bits per heavy atom. The number of likely N-dealkylation sites (tertiary alicyclic amines) is 1. The summed E-state index contributed by atoms with van der Waals surface area (Å²) in [5.41, 5.74) is 4.14. The third-order valence-electron chi connectivity index (χ3n) is 3.73. The molecule has 1 atom stereocenters. The summed E-state index contributed by atoms with van der Waals surface area (Å²) in [7, 11) is 0. The Hall–Kier alpha value is -2.64. The van der Waals surface area contributed by atoms with Crippen molar-refractivity contribution in [2.75, 3.05) is 6.54 Å². The van der Waals surface area contributed by atoms with Gasteiger partial charge < -0.3 is 10.0 Å². The third-order valence-corrected chi connectivity index (χ3v) is 3.73. The highest BCUT2D eigenvalue weighted by atomic mass is 19.1. The number of nitrogens with one attached hydrogen (secondary N) is 2. The number of carbonyl (C=O) groups excluding carboxylic acids is 2. The first-order chi connectivity index (χ1) is 11.0. The van der Waals surface area contributed by atoms with Gasteiger partial charge in [-0.15, -0.1) is 0 Å². The lowest BCUT2D eigenvalue weighted by atomic mass is 10.00. The molecule has 23 heavy (non-hydrogen) atoms. The summed E-state index contributed by atoms with van der Waals surface area (Å²) in [6.07, 6.45) is 1.11. The minimum Gasteiger partial charge on any atom is -0.465 e. The second kappa shape index (κ2) is 7.57. The first-order valence-corrected chi connectivity index (χ1v) is 7.32. The summed E-state index contributed by atoms with van der Waals surface area (Å²) in [6.45, 7) is 0.398. The van der Waals surface area contributed by atoms with Gasteiger partial charge >= 0.3 is 6.09 Å². The van der Waals surface area contributed by atoms with Gasteiger partial charge in [0.15, 0.2) is 0 Å². The fourth-order valence-corrected chi connectivity index (χ4v) is 2.57. The highest BCUT2D eigenvalue weighted by Gasteiger charge is 2.28. The van der Waals surface area contributed by atoms with Crippen LogP contribution in [0.4, 0.5) is 9.18 Å². The lowest BCUT2D eigenvalue weighted by Gasteiger charge is -2.33. The Labute approximate surface area is 132 Å². The highest BCUT2D eigenvalue weighted by molar-refractivity contribution is 5.95. The lowest BCUT2D eigenvalue weighted by Crippen LogP contribution is -2.48. The van der Waals surface area contributed by atoms with Crippen LogP contribution < -0.4 is 10.9 Å². The van der Waals surface area contributed by atoms with Crippen molar-refractivity contribution in [1.82, 2.24) is 15.8 Å². The second-order valence-corrected chi connectivity index (χ2v) is 5.31. The highest BCUT2D eigenvalue weighted by Crippen LogP contribution is 2.19. The average Bonchev–Trinajstić information content (AvgIpc) is 2.53. The first-order valence-electron chi connectivity index (χ1n) is 7.32. The van der Waals surface area contributed by atoms with Gasteiger partial charge in [0, 0.05) is 19.0 Å². The van der Waals surface area contributed by atoms with Crippen LogP contribution in [-0.2, 0) is 4.79 Å². The van der Waals surface area contributed by atoms with Crippen molar-refractivity contribution in [3.63, 3.8) is 0 Å². The number of hydrazine groups is 1.